The minimum atomic E-state index is -0.356. The van der Waals surface area contributed by atoms with E-state index < -0.39 is 0 Å². The van der Waals surface area contributed by atoms with Crippen molar-refractivity contribution in [2.24, 2.45) is 0 Å². The molecule has 0 spiro atoms. The van der Waals surface area contributed by atoms with E-state index in [0.717, 1.165) is 0 Å². The number of aliphatic hydroxyl groups excluding tert-OH is 1. The zero-order valence-corrected chi connectivity index (χ0v) is 9.17. The molecule has 1 aromatic carbocycles. The molecule has 0 amide bonds. The quantitative estimate of drug-likeness (QED) is 0.745. The van der Waals surface area contributed by atoms with Crippen molar-refractivity contribution in [3.8, 4) is 0 Å². The van der Waals surface area contributed by atoms with E-state index in [1.807, 2.05) is 42.5 Å². The SMILES string of the molecule is O[C@@H]1C=C[C@H](COCc2ccccc2)NC1. The van der Waals surface area contributed by atoms with Crippen LogP contribution in [0.4, 0.5) is 0 Å². The number of nitrogens with one attached hydrogen (secondary N) is 1. The molecule has 86 valence electrons. The van der Waals surface area contributed by atoms with E-state index in [2.05, 4.69) is 5.32 Å². The Morgan fingerprint density at radius 1 is 1.25 bits per heavy atom. The normalized spacial score (nSPS) is 24.6. The standard InChI is InChI=1S/C13H17NO2/c15-13-7-6-12(14-8-13)10-16-9-11-4-2-1-3-5-11/h1-7,12-15H,8-10H2/t12-,13-/m1/s1. The van der Waals surface area contributed by atoms with Gasteiger partial charge < -0.3 is 15.2 Å². The number of aliphatic hydroxyl groups is 1. The van der Waals surface area contributed by atoms with Crippen molar-refractivity contribution in [3.63, 3.8) is 0 Å². The number of rotatable bonds is 4. The van der Waals surface area contributed by atoms with Gasteiger partial charge in [-0.3, -0.25) is 0 Å². The molecule has 2 rings (SSSR count). The predicted molar refractivity (Wildman–Crippen MR) is 63.0 cm³/mol. The topological polar surface area (TPSA) is 41.5 Å². The summed E-state index contributed by atoms with van der Waals surface area (Å²) in [5, 5.41) is 12.4. The number of hydrogen-bond acceptors (Lipinski definition) is 3. The molecule has 0 aliphatic carbocycles. The maximum absolute atomic E-state index is 9.24. The Morgan fingerprint density at radius 2 is 2.06 bits per heavy atom. The monoisotopic (exact) mass is 219 g/mol. The van der Waals surface area contributed by atoms with Crippen molar-refractivity contribution in [2.75, 3.05) is 13.2 Å². The Labute approximate surface area is 95.7 Å². The zero-order chi connectivity index (χ0) is 11.2. The predicted octanol–water partition coefficient (Wildman–Crippen LogP) is 1.09. The van der Waals surface area contributed by atoms with Crippen LogP contribution in [-0.4, -0.2) is 30.4 Å². The molecular weight excluding hydrogens is 202 g/mol. The average Bonchev–Trinajstić information content (AvgIpc) is 2.33. The van der Waals surface area contributed by atoms with Crippen molar-refractivity contribution in [3.05, 3.63) is 48.0 Å². The van der Waals surface area contributed by atoms with E-state index in [9.17, 15) is 5.11 Å². The van der Waals surface area contributed by atoms with Crippen LogP contribution in [0.3, 0.4) is 0 Å². The minimum absolute atomic E-state index is 0.215. The fourth-order valence-electron chi connectivity index (χ4n) is 1.66. The van der Waals surface area contributed by atoms with E-state index in [4.69, 9.17) is 4.74 Å². The molecule has 0 bridgehead atoms. The van der Waals surface area contributed by atoms with Crippen LogP contribution < -0.4 is 5.32 Å². The molecule has 0 fully saturated rings. The zero-order valence-electron chi connectivity index (χ0n) is 9.17. The van der Waals surface area contributed by atoms with Crippen LogP contribution in [0.15, 0.2) is 42.5 Å². The van der Waals surface area contributed by atoms with Crippen LogP contribution in [0.5, 0.6) is 0 Å². The van der Waals surface area contributed by atoms with Crippen LogP contribution in [0.1, 0.15) is 5.56 Å². The van der Waals surface area contributed by atoms with E-state index in [1.54, 1.807) is 0 Å². The number of ether oxygens (including phenoxy) is 1. The highest BCUT2D eigenvalue weighted by Gasteiger charge is 2.12. The summed E-state index contributed by atoms with van der Waals surface area (Å²) in [5.74, 6) is 0. The van der Waals surface area contributed by atoms with Crippen molar-refractivity contribution in [2.45, 2.75) is 18.8 Å². The van der Waals surface area contributed by atoms with Gasteiger partial charge in [0.25, 0.3) is 0 Å². The van der Waals surface area contributed by atoms with Crippen molar-refractivity contribution < 1.29 is 9.84 Å². The molecule has 1 aliphatic rings. The molecule has 2 N–H and O–H groups in total. The third kappa shape index (κ3) is 3.45. The molecule has 0 saturated carbocycles. The van der Waals surface area contributed by atoms with Crippen LogP contribution in [0.2, 0.25) is 0 Å². The number of benzene rings is 1. The summed E-state index contributed by atoms with van der Waals surface area (Å²) < 4.78 is 5.60. The summed E-state index contributed by atoms with van der Waals surface area (Å²) in [6.07, 6.45) is 3.41. The lowest BCUT2D eigenvalue weighted by Crippen LogP contribution is -2.40. The third-order valence-electron chi connectivity index (χ3n) is 2.56. The summed E-state index contributed by atoms with van der Waals surface area (Å²) in [6, 6.07) is 10.3. The Bertz CT molecular complexity index is 337. The molecular formula is C13H17NO2. The van der Waals surface area contributed by atoms with Crippen LogP contribution in [0.25, 0.3) is 0 Å². The van der Waals surface area contributed by atoms with Crippen molar-refractivity contribution >= 4 is 0 Å². The first-order valence-corrected chi connectivity index (χ1v) is 5.56. The van der Waals surface area contributed by atoms with E-state index in [0.29, 0.717) is 19.8 Å². The highest BCUT2D eigenvalue weighted by molar-refractivity contribution is 5.13. The second kappa shape index (κ2) is 5.80. The van der Waals surface area contributed by atoms with Crippen LogP contribution in [0, 0.1) is 0 Å². The lowest BCUT2D eigenvalue weighted by atomic mass is 10.1. The second-order valence-corrected chi connectivity index (χ2v) is 3.97. The smallest absolute Gasteiger partial charge is 0.0846 e. The largest absolute Gasteiger partial charge is 0.388 e. The van der Waals surface area contributed by atoms with Gasteiger partial charge in [0.05, 0.1) is 19.3 Å². The Balaban J connectivity index is 1.71. The first kappa shape index (κ1) is 11.3. The van der Waals surface area contributed by atoms with Gasteiger partial charge in [0.15, 0.2) is 0 Å². The van der Waals surface area contributed by atoms with Gasteiger partial charge in [0, 0.05) is 12.6 Å². The average molecular weight is 219 g/mol. The molecule has 3 nitrogen and oxygen atoms in total. The van der Waals surface area contributed by atoms with Crippen molar-refractivity contribution in [1.82, 2.24) is 5.32 Å². The second-order valence-electron chi connectivity index (χ2n) is 3.97. The van der Waals surface area contributed by atoms with Gasteiger partial charge in [-0.2, -0.15) is 0 Å². The van der Waals surface area contributed by atoms with E-state index in [-0.39, 0.29) is 12.1 Å². The summed E-state index contributed by atoms with van der Waals surface area (Å²) in [5.41, 5.74) is 1.18. The molecule has 2 atom stereocenters. The maximum Gasteiger partial charge on any atom is 0.0846 e. The first-order chi connectivity index (χ1) is 7.84. The fraction of sp³-hybridized carbons (Fsp3) is 0.385. The molecule has 0 saturated heterocycles. The Morgan fingerprint density at radius 3 is 2.75 bits per heavy atom. The van der Waals surface area contributed by atoms with Gasteiger partial charge in [-0.25, -0.2) is 0 Å². The molecule has 3 heteroatoms. The lowest BCUT2D eigenvalue weighted by molar-refractivity contribution is 0.101. The third-order valence-corrected chi connectivity index (χ3v) is 2.56. The summed E-state index contributed by atoms with van der Waals surface area (Å²) >= 11 is 0. The summed E-state index contributed by atoms with van der Waals surface area (Å²) in [7, 11) is 0. The molecule has 0 aromatic heterocycles. The van der Waals surface area contributed by atoms with Gasteiger partial charge in [0.2, 0.25) is 0 Å². The summed E-state index contributed by atoms with van der Waals surface area (Å²) in [4.78, 5) is 0. The summed E-state index contributed by atoms with van der Waals surface area (Å²) in [6.45, 7) is 1.88. The molecule has 0 unspecified atom stereocenters. The highest BCUT2D eigenvalue weighted by atomic mass is 16.5. The van der Waals surface area contributed by atoms with Crippen LogP contribution in [-0.2, 0) is 11.3 Å². The van der Waals surface area contributed by atoms with Crippen LogP contribution >= 0.6 is 0 Å². The number of hydrogen-bond donors (Lipinski definition) is 2. The van der Waals surface area contributed by atoms with Gasteiger partial charge >= 0.3 is 0 Å². The molecule has 16 heavy (non-hydrogen) atoms. The first-order valence-electron chi connectivity index (χ1n) is 5.56. The number of β-amino-alcohol motifs (C(OH)–C–C–N with tert-alkyl or cyclic N) is 1. The van der Waals surface area contributed by atoms with Crippen molar-refractivity contribution in [1.29, 1.82) is 0 Å². The van der Waals surface area contributed by atoms with E-state index in [1.165, 1.54) is 5.56 Å². The molecule has 1 heterocycles. The maximum atomic E-state index is 9.24. The van der Waals surface area contributed by atoms with Gasteiger partial charge in [-0.1, -0.05) is 42.5 Å². The fourth-order valence-corrected chi connectivity index (χ4v) is 1.66. The van der Waals surface area contributed by atoms with Gasteiger partial charge in [0.1, 0.15) is 0 Å². The molecule has 1 aliphatic heterocycles. The Kier molecular flexibility index (Phi) is 4.10. The minimum Gasteiger partial charge on any atom is -0.388 e. The molecule has 0 radical (unpaired) electrons. The molecule has 1 aromatic rings. The van der Waals surface area contributed by atoms with Gasteiger partial charge in [-0.05, 0) is 5.56 Å². The van der Waals surface area contributed by atoms with Gasteiger partial charge in [-0.15, -0.1) is 0 Å². The van der Waals surface area contributed by atoms with E-state index >= 15 is 0 Å². The lowest BCUT2D eigenvalue weighted by Gasteiger charge is -2.21. The highest BCUT2D eigenvalue weighted by Crippen LogP contribution is 2.03. The Hall–Kier alpha value is -1.16.